The van der Waals surface area contributed by atoms with Crippen LogP contribution in [-0.2, 0) is 5.41 Å². The summed E-state index contributed by atoms with van der Waals surface area (Å²) in [5.41, 5.74) is 21.0. The van der Waals surface area contributed by atoms with Gasteiger partial charge in [0.1, 0.15) is 11.2 Å². The molecule has 0 bridgehead atoms. The van der Waals surface area contributed by atoms with Crippen molar-refractivity contribution in [2.45, 2.75) is 5.41 Å². The summed E-state index contributed by atoms with van der Waals surface area (Å²) in [5.74, 6) is 1.78. The van der Waals surface area contributed by atoms with Gasteiger partial charge in [0.25, 0.3) is 0 Å². The molecule has 10 aromatic carbocycles. The number of benzene rings is 10. The molecule has 0 atom stereocenters. The van der Waals surface area contributed by atoms with Crippen molar-refractivity contribution >= 4 is 21.9 Å². The molecule has 1 spiro atoms. The summed E-state index contributed by atoms with van der Waals surface area (Å²) in [4.78, 5) is 15.8. The van der Waals surface area contributed by atoms with Gasteiger partial charge in [0, 0.05) is 27.5 Å². The van der Waals surface area contributed by atoms with Crippen molar-refractivity contribution in [1.82, 2.24) is 15.0 Å². The monoisotopic (exact) mass is 865 g/mol. The molecule has 68 heavy (non-hydrogen) atoms. The van der Waals surface area contributed by atoms with Crippen LogP contribution in [-0.4, -0.2) is 15.0 Å². The minimum atomic E-state index is -0.427. The molecule has 0 radical (unpaired) electrons. The van der Waals surface area contributed by atoms with Crippen LogP contribution in [0, 0.1) is 0 Å². The largest absolute Gasteiger partial charge is 0.456 e. The van der Waals surface area contributed by atoms with Gasteiger partial charge in [-0.3, -0.25) is 0 Å². The molecule has 2 heterocycles. The van der Waals surface area contributed by atoms with Crippen molar-refractivity contribution in [2.24, 2.45) is 0 Å². The average Bonchev–Trinajstić information content (AvgIpc) is 4.05. The zero-order valence-electron chi connectivity index (χ0n) is 36.8. The summed E-state index contributed by atoms with van der Waals surface area (Å²) in [7, 11) is 0. The first-order chi connectivity index (χ1) is 33.7. The van der Waals surface area contributed by atoms with Gasteiger partial charge >= 0.3 is 0 Å². The first-order valence-electron chi connectivity index (χ1n) is 23.2. The van der Waals surface area contributed by atoms with E-state index in [2.05, 4.69) is 212 Å². The van der Waals surface area contributed by atoms with E-state index in [0.29, 0.717) is 17.5 Å². The lowest BCUT2D eigenvalue weighted by Crippen LogP contribution is -2.25. The second-order valence-corrected chi connectivity index (χ2v) is 17.8. The highest BCUT2D eigenvalue weighted by atomic mass is 16.3. The molecule has 2 aromatic heterocycles. The molecule has 2 aliphatic rings. The molecule has 14 rings (SSSR count). The van der Waals surface area contributed by atoms with Crippen LogP contribution in [0.2, 0.25) is 0 Å². The molecule has 0 N–H and O–H groups in total. The number of fused-ring (bicyclic) bond motifs is 13. The molecule has 0 aliphatic heterocycles. The summed E-state index contributed by atoms with van der Waals surface area (Å²) in [5, 5.41) is 1.97. The zero-order valence-corrected chi connectivity index (χ0v) is 36.8. The summed E-state index contributed by atoms with van der Waals surface area (Å²) >= 11 is 0. The molecular formula is C64H39N3O. The maximum absolute atomic E-state index is 6.66. The van der Waals surface area contributed by atoms with Crippen LogP contribution in [0.5, 0.6) is 0 Å². The lowest BCUT2D eigenvalue weighted by atomic mass is 9.70. The third-order valence-corrected chi connectivity index (χ3v) is 14.2. The number of rotatable bonds is 6. The van der Waals surface area contributed by atoms with Crippen LogP contribution >= 0.6 is 0 Å². The quantitative estimate of drug-likeness (QED) is 0.167. The number of nitrogens with zero attached hydrogens (tertiary/aromatic N) is 3. The number of furan rings is 1. The number of hydrogen-bond donors (Lipinski definition) is 0. The molecular weight excluding hydrogens is 827 g/mol. The number of aromatic nitrogens is 3. The topological polar surface area (TPSA) is 51.8 Å². The van der Waals surface area contributed by atoms with Crippen LogP contribution < -0.4 is 0 Å². The van der Waals surface area contributed by atoms with E-state index in [1.165, 1.54) is 44.5 Å². The summed E-state index contributed by atoms with van der Waals surface area (Å²) in [6, 6.07) is 84.5. The van der Waals surface area contributed by atoms with Crippen molar-refractivity contribution in [2.75, 3.05) is 0 Å². The van der Waals surface area contributed by atoms with Gasteiger partial charge in [-0.25, -0.2) is 15.0 Å². The standard InChI is InChI=1S/C64H39N3O/c1-3-16-40(17-4-1)42-20-13-22-46(36-42)61-65-62(47-23-14-21-43(37-47)41-18-5-2-6-19-41)67-63(66-61)52-27-15-31-59-60(52)53-38-44(33-35-58(53)68-59)45-32-34-51-50-26-9-12-30-56(50)64(57(51)39-45)54-28-10-7-24-48(54)49-25-8-11-29-55(49)64/h1-39H. The van der Waals surface area contributed by atoms with E-state index < -0.39 is 5.41 Å². The number of hydrogen-bond acceptors (Lipinski definition) is 4. The maximum Gasteiger partial charge on any atom is 0.164 e. The molecule has 0 saturated heterocycles. The van der Waals surface area contributed by atoms with Gasteiger partial charge in [-0.15, -0.1) is 0 Å². The van der Waals surface area contributed by atoms with E-state index in [0.717, 1.165) is 72.0 Å². The lowest BCUT2D eigenvalue weighted by molar-refractivity contribution is 0.669. The molecule has 0 saturated carbocycles. The minimum Gasteiger partial charge on any atom is -0.456 e. The van der Waals surface area contributed by atoms with Gasteiger partial charge in [-0.05, 0) is 114 Å². The first-order valence-corrected chi connectivity index (χ1v) is 23.2. The van der Waals surface area contributed by atoms with Crippen molar-refractivity contribution in [3.8, 4) is 89.8 Å². The van der Waals surface area contributed by atoms with E-state index in [9.17, 15) is 0 Å². The van der Waals surface area contributed by atoms with Crippen molar-refractivity contribution < 1.29 is 4.42 Å². The molecule has 0 fully saturated rings. The van der Waals surface area contributed by atoms with Crippen LogP contribution in [0.4, 0.5) is 0 Å². The smallest absolute Gasteiger partial charge is 0.164 e. The highest BCUT2D eigenvalue weighted by molar-refractivity contribution is 6.13. The Kier molecular flexibility index (Phi) is 8.46. The normalized spacial score (nSPS) is 12.8. The van der Waals surface area contributed by atoms with E-state index in [1.54, 1.807) is 0 Å². The molecule has 4 heteroatoms. The van der Waals surface area contributed by atoms with Crippen LogP contribution in [0.25, 0.3) is 112 Å². The van der Waals surface area contributed by atoms with Crippen LogP contribution in [0.3, 0.4) is 0 Å². The SMILES string of the molecule is c1ccc(-c2cccc(-c3nc(-c4cccc(-c5ccccc5)c4)nc(-c4cccc5oc6ccc(-c7ccc8c(c7)C7(c9ccccc9-c9ccccc97)c7ccccc7-8)cc6c45)n3)c2)cc1. The zero-order chi connectivity index (χ0) is 44.8. The van der Waals surface area contributed by atoms with Gasteiger partial charge in [-0.1, -0.05) is 200 Å². The highest BCUT2D eigenvalue weighted by Crippen LogP contribution is 2.63. The van der Waals surface area contributed by atoms with Crippen molar-refractivity contribution in [3.63, 3.8) is 0 Å². The fraction of sp³-hybridized carbons (Fsp3) is 0.0156. The molecule has 12 aromatic rings. The Morgan fingerprint density at radius 3 is 1.28 bits per heavy atom. The van der Waals surface area contributed by atoms with Crippen molar-refractivity contribution in [1.29, 1.82) is 0 Å². The van der Waals surface area contributed by atoms with E-state index in [4.69, 9.17) is 19.4 Å². The van der Waals surface area contributed by atoms with Gasteiger partial charge in [-0.2, -0.15) is 0 Å². The highest BCUT2D eigenvalue weighted by Gasteiger charge is 2.51. The minimum absolute atomic E-state index is 0.427. The Morgan fingerprint density at radius 1 is 0.265 bits per heavy atom. The predicted octanol–water partition coefficient (Wildman–Crippen LogP) is 16.1. The first kappa shape index (κ1) is 38.3. The summed E-state index contributed by atoms with van der Waals surface area (Å²) < 4.78 is 6.66. The van der Waals surface area contributed by atoms with Crippen molar-refractivity contribution in [3.05, 3.63) is 259 Å². The molecule has 316 valence electrons. The van der Waals surface area contributed by atoms with Gasteiger partial charge in [0.2, 0.25) is 0 Å². The maximum atomic E-state index is 6.66. The van der Waals surface area contributed by atoms with E-state index >= 15 is 0 Å². The Morgan fingerprint density at radius 2 is 0.691 bits per heavy atom. The molecule has 0 amide bonds. The summed E-state index contributed by atoms with van der Waals surface area (Å²) in [6.45, 7) is 0. The second-order valence-electron chi connectivity index (χ2n) is 17.8. The third-order valence-electron chi connectivity index (χ3n) is 14.2. The van der Waals surface area contributed by atoms with E-state index in [1.807, 2.05) is 24.3 Å². The fourth-order valence-electron chi connectivity index (χ4n) is 11.2. The molecule has 2 aliphatic carbocycles. The average molecular weight is 866 g/mol. The Hall–Kier alpha value is -8.99. The van der Waals surface area contributed by atoms with Gasteiger partial charge in [0.05, 0.1) is 5.41 Å². The molecule has 0 unspecified atom stereocenters. The van der Waals surface area contributed by atoms with E-state index in [-0.39, 0.29) is 0 Å². The second kappa shape index (κ2) is 15.0. The van der Waals surface area contributed by atoms with Crippen LogP contribution in [0.1, 0.15) is 22.3 Å². The predicted molar refractivity (Wildman–Crippen MR) is 276 cm³/mol. The fourth-order valence-corrected chi connectivity index (χ4v) is 11.2. The third kappa shape index (κ3) is 5.77. The molecule has 4 nitrogen and oxygen atoms in total. The lowest BCUT2D eigenvalue weighted by Gasteiger charge is -2.30. The van der Waals surface area contributed by atoms with Gasteiger partial charge < -0.3 is 4.42 Å². The van der Waals surface area contributed by atoms with Gasteiger partial charge in [0.15, 0.2) is 17.5 Å². The Balaban J connectivity index is 0.949. The summed E-state index contributed by atoms with van der Waals surface area (Å²) in [6.07, 6.45) is 0. The Labute approximate surface area is 393 Å². The van der Waals surface area contributed by atoms with Crippen LogP contribution in [0.15, 0.2) is 241 Å². The Bertz CT molecular complexity index is 3820.